The van der Waals surface area contributed by atoms with Gasteiger partial charge in [-0.25, -0.2) is 4.98 Å². The molecule has 0 bridgehead atoms. The van der Waals surface area contributed by atoms with Crippen molar-refractivity contribution in [1.82, 2.24) is 14.8 Å². The van der Waals surface area contributed by atoms with Gasteiger partial charge in [0.15, 0.2) is 0 Å². The molecule has 3 aromatic rings. The van der Waals surface area contributed by atoms with Gasteiger partial charge in [-0.3, -0.25) is 14.8 Å². The number of nitrogens with one attached hydrogen (secondary N) is 1. The highest BCUT2D eigenvalue weighted by molar-refractivity contribution is 5.82. The summed E-state index contributed by atoms with van der Waals surface area (Å²) < 4.78 is 1.87. The summed E-state index contributed by atoms with van der Waals surface area (Å²) in [5, 5.41) is 18.9. The number of non-ortho nitro benzene ring substituents is 1. The van der Waals surface area contributed by atoms with Gasteiger partial charge in [-0.1, -0.05) is 0 Å². The fourth-order valence-electron chi connectivity index (χ4n) is 2.21. The van der Waals surface area contributed by atoms with Crippen LogP contribution in [0.5, 0.6) is 0 Å². The van der Waals surface area contributed by atoms with Gasteiger partial charge < -0.3 is 5.32 Å². The molecule has 0 radical (unpaired) electrons. The third kappa shape index (κ3) is 3.03. The molecular weight excluding hydrogens is 282 g/mol. The third-order valence-corrected chi connectivity index (χ3v) is 3.29. The summed E-state index contributed by atoms with van der Waals surface area (Å²) in [5.74, 6) is 0.741. The Morgan fingerprint density at radius 3 is 2.91 bits per heavy atom. The van der Waals surface area contributed by atoms with Crippen LogP contribution in [0.25, 0.3) is 10.9 Å². The average Bonchev–Trinajstić information content (AvgIpc) is 2.92. The number of rotatable bonds is 5. The van der Waals surface area contributed by atoms with E-state index in [0.29, 0.717) is 6.54 Å². The zero-order valence-electron chi connectivity index (χ0n) is 12.1. The van der Waals surface area contributed by atoms with Crippen LogP contribution in [-0.4, -0.2) is 26.2 Å². The summed E-state index contributed by atoms with van der Waals surface area (Å²) in [6.07, 6.45) is 3.80. The highest BCUT2D eigenvalue weighted by Gasteiger charge is 2.07. The number of anilines is 1. The van der Waals surface area contributed by atoms with Crippen LogP contribution in [-0.2, 0) is 6.54 Å². The second-order valence-electron chi connectivity index (χ2n) is 5.04. The number of nitro groups is 1. The largest absolute Gasteiger partial charge is 0.368 e. The molecule has 1 N–H and O–H groups in total. The summed E-state index contributed by atoms with van der Waals surface area (Å²) in [6, 6.07) is 8.30. The molecular formula is C15H15N5O2. The SMILES string of the molecule is Cc1cnn(CCNc2ccc3cc([N+](=O)[O-])ccc3n2)c1. The maximum atomic E-state index is 10.8. The van der Waals surface area contributed by atoms with Crippen molar-refractivity contribution >= 4 is 22.4 Å². The molecule has 7 heteroatoms. The van der Waals surface area contributed by atoms with E-state index in [1.54, 1.807) is 6.07 Å². The number of nitrogens with zero attached hydrogens (tertiary/aromatic N) is 4. The topological polar surface area (TPSA) is 85.9 Å². The Balaban J connectivity index is 1.69. The van der Waals surface area contributed by atoms with Gasteiger partial charge in [0.25, 0.3) is 5.69 Å². The molecule has 1 aromatic carbocycles. The number of aryl methyl sites for hydroxylation is 1. The molecule has 0 spiro atoms. The maximum Gasteiger partial charge on any atom is 0.270 e. The van der Waals surface area contributed by atoms with E-state index in [9.17, 15) is 10.1 Å². The van der Waals surface area contributed by atoms with Gasteiger partial charge in [0.2, 0.25) is 0 Å². The van der Waals surface area contributed by atoms with Crippen molar-refractivity contribution in [3.63, 3.8) is 0 Å². The average molecular weight is 297 g/mol. The predicted molar refractivity (Wildman–Crippen MR) is 83.9 cm³/mol. The van der Waals surface area contributed by atoms with Crippen molar-refractivity contribution in [1.29, 1.82) is 0 Å². The molecule has 7 nitrogen and oxygen atoms in total. The second kappa shape index (κ2) is 5.80. The van der Waals surface area contributed by atoms with Gasteiger partial charge in [-0.05, 0) is 30.7 Å². The first-order valence-corrected chi connectivity index (χ1v) is 6.90. The van der Waals surface area contributed by atoms with Gasteiger partial charge in [-0.15, -0.1) is 0 Å². The first kappa shape index (κ1) is 14.0. The fourth-order valence-corrected chi connectivity index (χ4v) is 2.21. The van der Waals surface area contributed by atoms with Gasteiger partial charge in [-0.2, -0.15) is 5.10 Å². The molecule has 0 aliphatic rings. The van der Waals surface area contributed by atoms with Crippen LogP contribution in [0.4, 0.5) is 11.5 Å². The van der Waals surface area contributed by atoms with E-state index in [1.165, 1.54) is 12.1 Å². The molecule has 112 valence electrons. The number of aromatic nitrogens is 3. The maximum absolute atomic E-state index is 10.8. The van der Waals surface area contributed by atoms with E-state index < -0.39 is 4.92 Å². The predicted octanol–water partition coefficient (Wildman–Crippen LogP) is 2.76. The standard InChI is InChI=1S/C15H15N5O2/c1-11-9-17-19(10-11)7-6-16-15-5-2-12-8-13(20(21)22)3-4-14(12)18-15/h2-5,8-10H,6-7H2,1H3,(H,16,18). The molecule has 0 saturated heterocycles. The Morgan fingerprint density at radius 1 is 1.32 bits per heavy atom. The molecule has 0 aliphatic carbocycles. The molecule has 2 heterocycles. The van der Waals surface area contributed by atoms with E-state index in [1.807, 2.05) is 36.1 Å². The first-order chi connectivity index (χ1) is 10.6. The zero-order valence-corrected chi connectivity index (χ0v) is 12.1. The van der Waals surface area contributed by atoms with Crippen LogP contribution in [0.1, 0.15) is 5.56 Å². The zero-order chi connectivity index (χ0) is 15.5. The van der Waals surface area contributed by atoms with Crippen molar-refractivity contribution in [3.05, 3.63) is 58.4 Å². The van der Waals surface area contributed by atoms with Crippen molar-refractivity contribution in [2.45, 2.75) is 13.5 Å². The molecule has 0 aliphatic heterocycles. The van der Waals surface area contributed by atoms with Gasteiger partial charge in [0, 0.05) is 30.3 Å². The summed E-state index contributed by atoms with van der Waals surface area (Å²) >= 11 is 0. The Kier molecular flexibility index (Phi) is 3.69. The Morgan fingerprint density at radius 2 is 2.18 bits per heavy atom. The van der Waals surface area contributed by atoms with E-state index in [0.717, 1.165) is 28.8 Å². The van der Waals surface area contributed by atoms with Crippen LogP contribution in [0, 0.1) is 17.0 Å². The quantitative estimate of drug-likeness (QED) is 0.578. The fraction of sp³-hybridized carbons (Fsp3) is 0.200. The molecule has 0 atom stereocenters. The highest BCUT2D eigenvalue weighted by Crippen LogP contribution is 2.20. The number of benzene rings is 1. The van der Waals surface area contributed by atoms with Crippen LogP contribution in [0.15, 0.2) is 42.7 Å². The molecule has 2 aromatic heterocycles. The van der Waals surface area contributed by atoms with Gasteiger partial charge in [0.1, 0.15) is 5.82 Å². The molecule has 0 fully saturated rings. The lowest BCUT2D eigenvalue weighted by molar-refractivity contribution is -0.384. The Bertz CT molecular complexity index is 828. The van der Waals surface area contributed by atoms with Crippen molar-refractivity contribution in [2.75, 3.05) is 11.9 Å². The monoisotopic (exact) mass is 297 g/mol. The molecule has 0 saturated carbocycles. The van der Waals surface area contributed by atoms with Gasteiger partial charge in [0.05, 0.1) is 23.2 Å². The number of nitro benzene ring substituents is 1. The van der Waals surface area contributed by atoms with Crippen LogP contribution < -0.4 is 5.32 Å². The molecule has 0 amide bonds. The summed E-state index contributed by atoms with van der Waals surface area (Å²) in [4.78, 5) is 14.8. The minimum Gasteiger partial charge on any atom is -0.368 e. The van der Waals surface area contributed by atoms with E-state index in [-0.39, 0.29) is 5.69 Å². The van der Waals surface area contributed by atoms with E-state index in [2.05, 4.69) is 15.4 Å². The number of fused-ring (bicyclic) bond motifs is 1. The lowest BCUT2D eigenvalue weighted by Gasteiger charge is -2.07. The normalized spacial score (nSPS) is 10.8. The highest BCUT2D eigenvalue weighted by atomic mass is 16.6. The van der Waals surface area contributed by atoms with Crippen molar-refractivity contribution < 1.29 is 4.92 Å². The lowest BCUT2D eigenvalue weighted by atomic mass is 10.2. The molecule has 0 unspecified atom stereocenters. The Labute approximate surface area is 126 Å². The Hall–Kier alpha value is -2.96. The van der Waals surface area contributed by atoms with E-state index in [4.69, 9.17) is 0 Å². The number of pyridine rings is 1. The van der Waals surface area contributed by atoms with Crippen LogP contribution in [0.2, 0.25) is 0 Å². The summed E-state index contributed by atoms with van der Waals surface area (Å²) in [5.41, 5.74) is 1.93. The second-order valence-corrected chi connectivity index (χ2v) is 5.04. The van der Waals surface area contributed by atoms with Gasteiger partial charge >= 0.3 is 0 Å². The third-order valence-electron chi connectivity index (χ3n) is 3.29. The first-order valence-electron chi connectivity index (χ1n) is 6.90. The van der Waals surface area contributed by atoms with Crippen LogP contribution in [0.3, 0.4) is 0 Å². The summed E-state index contributed by atoms with van der Waals surface area (Å²) in [7, 11) is 0. The number of hydrogen-bond acceptors (Lipinski definition) is 5. The van der Waals surface area contributed by atoms with E-state index >= 15 is 0 Å². The minimum atomic E-state index is -0.405. The van der Waals surface area contributed by atoms with Crippen molar-refractivity contribution in [3.8, 4) is 0 Å². The smallest absolute Gasteiger partial charge is 0.270 e. The lowest BCUT2D eigenvalue weighted by Crippen LogP contribution is -2.11. The minimum absolute atomic E-state index is 0.0732. The molecule has 3 rings (SSSR count). The van der Waals surface area contributed by atoms with Crippen molar-refractivity contribution in [2.24, 2.45) is 0 Å². The summed E-state index contributed by atoms with van der Waals surface area (Å²) in [6.45, 7) is 3.45. The number of hydrogen-bond donors (Lipinski definition) is 1. The molecule has 22 heavy (non-hydrogen) atoms. The van der Waals surface area contributed by atoms with Crippen LogP contribution >= 0.6 is 0 Å².